The number of rotatable bonds is 5. The molecular formula is C20H40B2. The summed E-state index contributed by atoms with van der Waals surface area (Å²) < 4.78 is 0. The van der Waals surface area contributed by atoms with Crippen molar-refractivity contribution in [1.29, 1.82) is 0 Å². The predicted octanol–water partition coefficient (Wildman–Crippen LogP) is 4.75. The lowest BCUT2D eigenvalue weighted by molar-refractivity contribution is -0.0110. The zero-order chi connectivity index (χ0) is 16.2. The van der Waals surface area contributed by atoms with Crippen LogP contribution in [0, 0.1) is 35.0 Å². The van der Waals surface area contributed by atoms with Crippen LogP contribution in [0.4, 0.5) is 0 Å². The second-order valence-electron chi connectivity index (χ2n) is 9.16. The molecule has 2 heteroatoms. The van der Waals surface area contributed by atoms with Crippen LogP contribution in [0.3, 0.4) is 0 Å². The monoisotopic (exact) mass is 302 g/mol. The van der Waals surface area contributed by atoms with Crippen molar-refractivity contribution in [2.24, 2.45) is 35.0 Å². The molecule has 0 radical (unpaired) electrons. The molecule has 0 bridgehead atoms. The van der Waals surface area contributed by atoms with Crippen LogP contribution in [0.5, 0.6) is 0 Å². The summed E-state index contributed by atoms with van der Waals surface area (Å²) in [5.74, 6) is 4.98. The summed E-state index contributed by atoms with van der Waals surface area (Å²) in [7, 11) is 4.80. The zero-order valence-corrected chi connectivity index (χ0v) is 16.2. The van der Waals surface area contributed by atoms with Crippen molar-refractivity contribution in [1.82, 2.24) is 0 Å². The van der Waals surface area contributed by atoms with Crippen LogP contribution in [0.2, 0.25) is 12.6 Å². The molecule has 2 saturated carbocycles. The van der Waals surface area contributed by atoms with Gasteiger partial charge < -0.3 is 0 Å². The van der Waals surface area contributed by atoms with Gasteiger partial charge in [0, 0.05) is 0 Å². The average Bonchev–Trinajstić information content (AvgIpc) is 2.51. The molecule has 0 aromatic carbocycles. The van der Waals surface area contributed by atoms with Crippen molar-refractivity contribution in [3.05, 3.63) is 0 Å². The molecule has 126 valence electrons. The summed E-state index contributed by atoms with van der Waals surface area (Å²) >= 11 is 0. The summed E-state index contributed by atoms with van der Waals surface area (Å²) in [4.78, 5) is 0. The standard InChI is InChI=1S/C20H40B2/c1-15(13-21)9-10-17-7-5-4-6-8-18-11-12-20(3,14-22)16(2)19(17)18/h15-19H,4-14,21-22H2,1-3H3. The van der Waals surface area contributed by atoms with Gasteiger partial charge in [-0.25, -0.2) is 0 Å². The maximum absolute atomic E-state index is 2.62. The Morgan fingerprint density at radius 1 is 1.09 bits per heavy atom. The van der Waals surface area contributed by atoms with Gasteiger partial charge in [0.2, 0.25) is 0 Å². The minimum atomic E-state index is 0.620. The Morgan fingerprint density at radius 3 is 2.50 bits per heavy atom. The van der Waals surface area contributed by atoms with Gasteiger partial charge in [-0.15, -0.1) is 0 Å². The molecule has 6 unspecified atom stereocenters. The van der Waals surface area contributed by atoms with Crippen molar-refractivity contribution in [2.45, 2.75) is 91.2 Å². The molecule has 2 fully saturated rings. The van der Waals surface area contributed by atoms with Crippen LogP contribution in [-0.4, -0.2) is 15.7 Å². The molecule has 0 saturated heterocycles. The highest BCUT2D eigenvalue weighted by Gasteiger charge is 2.45. The van der Waals surface area contributed by atoms with E-state index in [9.17, 15) is 0 Å². The molecule has 0 heterocycles. The summed E-state index contributed by atoms with van der Waals surface area (Å²) in [6.45, 7) is 7.68. The molecule has 2 aliphatic carbocycles. The Labute approximate surface area is 142 Å². The van der Waals surface area contributed by atoms with Gasteiger partial charge in [0.15, 0.2) is 0 Å². The van der Waals surface area contributed by atoms with E-state index in [2.05, 4.69) is 36.5 Å². The smallest absolute Gasteiger partial charge is 0.0785 e. The van der Waals surface area contributed by atoms with E-state index < -0.39 is 0 Å². The summed E-state index contributed by atoms with van der Waals surface area (Å²) in [6.07, 6.45) is 16.3. The van der Waals surface area contributed by atoms with Gasteiger partial charge >= 0.3 is 0 Å². The van der Waals surface area contributed by atoms with Crippen molar-refractivity contribution in [2.75, 3.05) is 0 Å². The van der Waals surface area contributed by atoms with Crippen LogP contribution < -0.4 is 0 Å². The molecule has 2 rings (SSSR count). The summed E-state index contributed by atoms with van der Waals surface area (Å²) in [5, 5.41) is 0. The van der Waals surface area contributed by atoms with Crippen molar-refractivity contribution in [3.8, 4) is 0 Å². The summed E-state index contributed by atoms with van der Waals surface area (Å²) in [5.41, 5.74) is 0.620. The second kappa shape index (κ2) is 8.29. The van der Waals surface area contributed by atoms with E-state index in [1.54, 1.807) is 0 Å². The topological polar surface area (TPSA) is 0 Å². The second-order valence-corrected chi connectivity index (χ2v) is 9.16. The fourth-order valence-electron chi connectivity index (χ4n) is 5.66. The molecule has 0 spiro atoms. The largest absolute Gasteiger partial charge is 0.102 e. The third kappa shape index (κ3) is 4.15. The van der Waals surface area contributed by atoms with Gasteiger partial charge in [0.1, 0.15) is 15.7 Å². The maximum Gasteiger partial charge on any atom is 0.102 e. The zero-order valence-electron chi connectivity index (χ0n) is 16.2. The molecule has 6 atom stereocenters. The quantitative estimate of drug-likeness (QED) is 0.643. The van der Waals surface area contributed by atoms with Crippen LogP contribution in [0.15, 0.2) is 0 Å². The van der Waals surface area contributed by atoms with E-state index in [4.69, 9.17) is 0 Å². The highest BCUT2D eigenvalue weighted by Crippen LogP contribution is 2.54. The first kappa shape index (κ1) is 18.5. The van der Waals surface area contributed by atoms with Gasteiger partial charge in [-0.2, -0.15) is 0 Å². The SMILES string of the molecule is BCC(C)CCC1CCCCCC2CCC(C)(CB)C(C)C12. The van der Waals surface area contributed by atoms with Gasteiger partial charge in [0.25, 0.3) is 0 Å². The fourth-order valence-corrected chi connectivity index (χ4v) is 5.66. The maximum atomic E-state index is 2.62. The third-order valence-corrected chi connectivity index (χ3v) is 8.04. The highest BCUT2D eigenvalue weighted by atomic mass is 14.5. The van der Waals surface area contributed by atoms with E-state index in [1.165, 1.54) is 70.4 Å². The van der Waals surface area contributed by atoms with Gasteiger partial charge in [-0.3, -0.25) is 0 Å². The summed E-state index contributed by atoms with van der Waals surface area (Å²) in [6, 6.07) is 0. The minimum absolute atomic E-state index is 0.620. The Hall–Kier alpha value is 0.130. The molecular weight excluding hydrogens is 262 g/mol. The van der Waals surface area contributed by atoms with Crippen molar-refractivity contribution >= 4 is 15.7 Å². The van der Waals surface area contributed by atoms with Crippen LogP contribution in [-0.2, 0) is 0 Å². The molecule has 0 aromatic heterocycles. The average molecular weight is 302 g/mol. The first-order valence-electron chi connectivity index (χ1n) is 10.5. The Balaban J connectivity index is 2.13. The predicted molar refractivity (Wildman–Crippen MR) is 105 cm³/mol. The lowest BCUT2D eigenvalue weighted by atomic mass is 9.51. The molecule has 0 aromatic rings. The van der Waals surface area contributed by atoms with E-state index in [0.29, 0.717) is 5.41 Å². The van der Waals surface area contributed by atoms with Gasteiger partial charge in [-0.05, 0) is 48.3 Å². The van der Waals surface area contributed by atoms with Crippen molar-refractivity contribution < 1.29 is 0 Å². The van der Waals surface area contributed by atoms with Crippen LogP contribution in [0.1, 0.15) is 78.6 Å². The normalized spacial score (nSPS) is 41.2. The van der Waals surface area contributed by atoms with E-state index in [1.807, 2.05) is 0 Å². The molecule has 0 nitrogen and oxygen atoms in total. The van der Waals surface area contributed by atoms with Crippen molar-refractivity contribution in [3.63, 3.8) is 0 Å². The third-order valence-electron chi connectivity index (χ3n) is 8.04. The van der Waals surface area contributed by atoms with Gasteiger partial charge in [0.05, 0.1) is 0 Å². The minimum Gasteiger partial charge on any atom is -0.0785 e. The highest BCUT2D eigenvalue weighted by molar-refractivity contribution is 6.09. The Bertz CT molecular complexity index is 330. The number of fused-ring (bicyclic) bond motifs is 1. The number of hydrogen-bond acceptors (Lipinski definition) is 0. The fraction of sp³-hybridized carbons (Fsp3) is 1.00. The number of hydrogen-bond donors (Lipinski definition) is 0. The lowest BCUT2D eigenvalue weighted by Gasteiger charge is -2.52. The van der Waals surface area contributed by atoms with Crippen LogP contribution >= 0.6 is 0 Å². The van der Waals surface area contributed by atoms with E-state index in [0.717, 1.165) is 29.6 Å². The Kier molecular flexibility index (Phi) is 6.96. The van der Waals surface area contributed by atoms with E-state index >= 15 is 0 Å². The Morgan fingerprint density at radius 2 is 1.82 bits per heavy atom. The lowest BCUT2D eigenvalue weighted by Crippen LogP contribution is -2.44. The van der Waals surface area contributed by atoms with Crippen LogP contribution in [0.25, 0.3) is 0 Å². The first-order chi connectivity index (χ1) is 10.5. The molecule has 22 heavy (non-hydrogen) atoms. The molecule has 0 amide bonds. The first-order valence-corrected chi connectivity index (χ1v) is 10.5. The molecule has 0 aliphatic heterocycles. The van der Waals surface area contributed by atoms with Gasteiger partial charge in [-0.1, -0.05) is 77.9 Å². The molecule has 0 N–H and O–H groups in total. The van der Waals surface area contributed by atoms with E-state index in [-0.39, 0.29) is 0 Å². The molecule has 2 aliphatic rings.